The molecule has 0 aliphatic rings. The van der Waals surface area contributed by atoms with Crippen LogP contribution in [0.25, 0.3) is 0 Å². The third kappa shape index (κ3) is 2.20. The molecule has 0 fully saturated rings. The molecular formula is C5H3F8IO2. The third-order valence-electron chi connectivity index (χ3n) is 1.48. The first-order valence-corrected chi connectivity index (χ1v) is 4.11. The molecule has 0 saturated heterocycles. The molecule has 11 heteroatoms. The van der Waals surface area contributed by atoms with Crippen LogP contribution in [0.5, 0.6) is 0 Å². The number of rotatable bonds is 5. The third-order valence-corrected chi connectivity index (χ3v) is 2.03. The molecule has 0 aliphatic heterocycles. The molecule has 0 radical (unpaired) electrons. The minimum absolute atomic E-state index is 0.0347. The van der Waals surface area contributed by atoms with Crippen LogP contribution in [-0.2, 0) is 7.80 Å². The van der Waals surface area contributed by atoms with Gasteiger partial charge in [0, 0.05) is 7.11 Å². The van der Waals surface area contributed by atoms with Crippen molar-refractivity contribution in [2.24, 2.45) is 0 Å². The Balaban J connectivity index is 5.46. The minimum atomic E-state index is -6.44. The van der Waals surface area contributed by atoms with Crippen LogP contribution in [0.1, 0.15) is 0 Å². The van der Waals surface area contributed by atoms with Crippen LogP contribution in [0.3, 0.4) is 0 Å². The fourth-order valence-corrected chi connectivity index (χ4v) is 0.819. The Bertz CT molecular complexity index is 229. The van der Waals surface area contributed by atoms with Gasteiger partial charge >= 0.3 is 24.1 Å². The normalized spacial score (nSPS) is 15.4. The average Bonchev–Trinajstić information content (AvgIpc) is 2.16. The van der Waals surface area contributed by atoms with Crippen molar-refractivity contribution < 1.29 is 42.9 Å². The molecule has 0 rings (SSSR count). The molecule has 16 heavy (non-hydrogen) atoms. The summed E-state index contributed by atoms with van der Waals surface area (Å²) in [5.41, 5.74) is 0. The lowest BCUT2D eigenvalue weighted by molar-refractivity contribution is -0.443. The Hall–Kier alpha value is 0.0900. The maximum Gasteiger partial charge on any atom is 0.435 e. The van der Waals surface area contributed by atoms with E-state index in [0.29, 0.717) is 0 Å². The second-order valence-corrected chi connectivity index (χ2v) is 2.90. The zero-order valence-corrected chi connectivity index (χ0v) is 9.38. The van der Waals surface area contributed by atoms with Gasteiger partial charge in [-0.05, 0) is 0 Å². The Morgan fingerprint density at radius 1 is 0.750 bits per heavy atom. The van der Waals surface area contributed by atoms with Crippen molar-refractivity contribution in [1.82, 2.24) is 0 Å². The van der Waals surface area contributed by atoms with E-state index >= 15 is 0 Å². The summed E-state index contributed by atoms with van der Waals surface area (Å²) in [6.45, 7) is 0. The Kier molecular flexibility index (Phi) is 4.43. The van der Waals surface area contributed by atoms with Gasteiger partial charge in [0.05, 0.1) is 0 Å². The second-order valence-electron chi connectivity index (χ2n) is 2.46. The average molecular weight is 374 g/mol. The van der Waals surface area contributed by atoms with Gasteiger partial charge in [-0.1, -0.05) is 0 Å². The Morgan fingerprint density at radius 2 is 1.06 bits per heavy atom. The van der Waals surface area contributed by atoms with Gasteiger partial charge in [0.1, 0.15) is 23.0 Å². The maximum absolute atomic E-state index is 12.5. The van der Waals surface area contributed by atoms with E-state index in [-0.39, 0.29) is 30.1 Å². The van der Waals surface area contributed by atoms with E-state index in [9.17, 15) is 35.1 Å². The fourth-order valence-electron chi connectivity index (χ4n) is 0.542. The summed E-state index contributed by atoms with van der Waals surface area (Å²) in [4.78, 5) is 0. The predicted octanol–water partition coefficient (Wildman–Crippen LogP) is 3.46. The standard InChI is InChI=1S/C5H3F8IO2/c1-15-4(10,11)2(6,7)3(8,9)5(12,13)16-14/h1H3. The van der Waals surface area contributed by atoms with Crippen LogP contribution in [-0.4, -0.2) is 31.2 Å². The van der Waals surface area contributed by atoms with E-state index in [1.807, 2.05) is 0 Å². The SMILES string of the molecule is COC(F)(F)C(F)(F)C(F)(F)C(F)(F)OI. The molecule has 2 nitrogen and oxygen atoms in total. The molecule has 0 bridgehead atoms. The van der Waals surface area contributed by atoms with E-state index in [1.165, 1.54) is 0 Å². The number of hydrogen-bond acceptors (Lipinski definition) is 2. The van der Waals surface area contributed by atoms with E-state index < -0.39 is 24.1 Å². The predicted molar refractivity (Wildman–Crippen MR) is 41.9 cm³/mol. The maximum atomic E-state index is 12.5. The molecule has 0 atom stereocenters. The molecule has 0 amide bonds. The zero-order valence-electron chi connectivity index (χ0n) is 7.22. The second kappa shape index (κ2) is 4.40. The number of alkyl halides is 8. The van der Waals surface area contributed by atoms with Crippen molar-refractivity contribution in [2.45, 2.75) is 24.1 Å². The van der Waals surface area contributed by atoms with Crippen molar-refractivity contribution >= 4 is 23.0 Å². The van der Waals surface area contributed by atoms with E-state index in [4.69, 9.17) is 0 Å². The van der Waals surface area contributed by atoms with Gasteiger partial charge in [0.15, 0.2) is 0 Å². The number of methoxy groups -OCH3 is 1. The lowest BCUT2D eigenvalue weighted by Gasteiger charge is -2.33. The highest BCUT2D eigenvalue weighted by atomic mass is 127. The zero-order chi connectivity index (χ0) is 13.4. The van der Waals surface area contributed by atoms with Crippen molar-refractivity contribution in [3.05, 3.63) is 0 Å². The van der Waals surface area contributed by atoms with Crippen LogP contribution in [0.15, 0.2) is 0 Å². The Labute approximate surface area is 97.6 Å². The topological polar surface area (TPSA) is 18.5 Å². The van der Waals surface area contributed by atoms with Crippen molar-refractivity contribution in [3.8, 4) is 0 Å². The van der Waals surface area contributed by atoms with Gasteiger partial charge in [-0.3, -0.25) is 0 Å². The van der Waals surface area contributed by atoms with Crippen molar-refractivity contribution in [2.75, 3.05) is 7.11 Å². The molecule has 0 aromatic heterocycles. The summed E-state index contributed by atoms with van der Waals surface area (Å²) < 4.78 is 104. The summed E-state index contributed by atoms with van der Waals surface area (Å²) in [7, 11) is -0.0347. The van der Waals surface area contributed by atoms with Gasteiger partial charge in [-0.2, -0.15) is 35.1 Å². The minimum Gasteiger partial charge on any atom is -0.319 e. The van der Waals surface area contributed by atoms with E-state index in [1.54, 1.807) is 0 Å². The highest BCUT2D eigenvalue weighted by molar-refractivity contribution is 14.1. The summed E-state index contributed by atoms with van der Waals surface area (Å²) in [6, 6.07) is 0. The van der Waals surface area contributed by atoms with Crippen LogP contribution >= 0.6 is 23.0 Å². The van der Waals surface area contributed by atoms with Crippen molar-refractivity contribution in [3.63, 3.8) is 0 Å². The number of ether oxygens (including phenoxy) is 1. The molecule has 98 valence electrons. The summed E-state index contributed by atoms with van der Waals surface area (Å²) in [5.74, 6) is -12.9. The van der Waals surface area contributed by atoms with Gasteiger partial charge < -0.3 is 4.74 Å². The first-order valence-electron chi connectivity index (χ1n) is 3.23. The molecule has 0 heterocycles. The van der Waals surface area contributed by atoms with Gasteiger partial charge in [0.2, 0.25) is 0 Å². The number of hydrogen-bond donors (Lipinski definition) is 0. The lowest BCUT2D eigenvalue weighted by Crippen LogP contribution is -2.62. The van der Waals surface area contributed by atoms with Crippen molar-refractivity contribution in [1.29, 1.82) is 0 Å². The molecule has 0 saturated carbocycles. The van der Waals surface area contributed by atoms with E-state index in [2.05, 4.69) is 7.80 Å². The monoisotopic (exact) mass is 374 g/mol. The molecule has 0 N–H and O–H groups in total. The van der Waals surface area contributed by atoms with E-state index in [0.717, 1.165) is 0 Å². The highest BCUT2D eigenvalue weighted by Crippen LogP contribution is 2.53. The largest absolute Gasteiger partial charge is 0.435 e. The molecule has 0 unspecified atom stereocenters. The van der Waals surface area contributed by atoms with Crippen LogP contribution in [0.2, 0.25) is 0 Å². The van der Waals surface area contributed by atoms with Gasteiger partial charge in [0.25, 0.3) is 0 Å². The van der Waals surface area contributed by atoms with Crippen LogP contribution in [0, 0.1) is 0 Å². The fraction of sp³-hybridized carbons (Fsp3) is 1.00. The Morgan fingerprint density at radius 3 is 1.31 bits per heavy atom. The summed E-state index contributed by atoms with van der Waals surface area (Å²) >= 11 is 0.187. The first-order chi connectivity index (χ1) is 6.87. The van der Waals surface area contributed by atoms with Gasteiger partial charge in [-0.25, -0.2) is 3.07 Å². The molecule has 0 aliphatic carbocycles. The molecule has 0 aromatic rings. The summed E-state index contributed by atoms with van der Waals surface area (Å²) in [5, 5.41) is 0. The quantitative estimate of drug-likeness (QED) is 0.542. The molecular weight excluding hydrogens is 371 g/mol. The lowest BCUT2D eigenvalue weighted by atomic mass is 10.1. The smallest absolute Gasteiger partial charge is 0.319 e. The van der Waals surface area contributed by atoms with Crippen LogP contribution in [0.4, 0.5) is 35.1 Å². The number of halogens is 9. The molecule has 0 spiro atoms. The van der Waals surface area contributed by atoms with Gasteiger partial charge in [-0.15, -0.1) is 0 Å². The first kappa shape index (κ1) is 16.1. The molecule has 0 aromatic carbocycles. The van der Waals surface area contributed by atoms with Crippen LogP contribution < -0.4 is 0 Å². The highest BCUT2D eigenvalue weighted by Gasteiger charge is 2.82. The summed E-state index contributed by atoms with van der Waals surface area (Å²) in [6.07, 6.45) is -11.5.